The zero-order valence-electron chi connectivity index (χ0n) is 20.2. The molecule has 35 heavy (non-hydrogen) atoms. The Labute approximate surface area is 208 Å². The van der Waals surface area contributed by atoms with Crippen molar-refractivity contribution in [3.63, 3.8) is 0 Å². The van der Waals surface area contributed by atoms with Crippen LogP contribution in [0.1, 0.15) is 50.9 Å². The minimum absolute atomic E-state index is 0.00821. The summed E-state index contributed by atoms with van der Waals surface area (Å²) in [6, 6.07) is 3.85. The lowest BCUT2D eigenvalue weighted by molar-refractivity contribution is -0.125. The highest BCUT2D eigenvalue weighted by atomic mass is 35.5. The van der Waals surface area contributed by atoms with E-state index >= 15 is 0 Å². The van der Waals surface area contributed by atoms with Gasteiger partial charge in [-0.15, -0.1) is 0 Å². The molecule has 2 fully saturated rings. The Bertz CT molecular complexity index is 1180. The van der Waals surface area contributed by atoms with Gasteiger partial charge in [-0.05, 0) is 26.0 Å². The van der Waals surface area contributed by atoms with E-state index in [1.54, 1.807) is 6.92 Å². The van der Waals surface area contributed by atoms with Crippen LogP contribution in [0.4, 0.5) is 4.39 Å². The minimum Gasteiger partial charge on any atom is -0.489 e. The molecule has 0 atom stereocenters. The molecular formula is C25H29ClFN5O3. The number of halogens is 2. The van der Waals surface area contributed by atoms with Gasteiger partial charge in [-0.25, -0.2) is 9.38 Å². The molecule has 2 aliphatic heterocycles. The van der Waals surface area contributed by atoms with Crippen LogP contribution in [-0.4, -0.2) is 53.4 Å². The molecule has 4 rings (SSSR count). The van der Waals surface area contributed by atoms with Crippen LogP contribution in [0.15, 0.2) is 45.3 Å². The third-order valence-corrected chi connectivity index (χ3v) is 6.86. The molecule has 0 bridgehead atoms. The Morgan fingerprint density at radius 2 is 2.00 bits per heavy atom. The van der Waals surface area contributed by atoms with Gasteiger partial charge in [0.2, 0.25) is 5.91 Å². The fourth-order valence-electron chi connectivity index (χ4n) is 4.15. The second-order valence-corrected chi connectivity index (χ2v) is 9.82. The zero-order valence-corrected chi connectivity index (χ0v) is 20.9. The fourth-order valence-corrected chi connectivity index (χ4v) is 4.24. The van der Waals surface area contributed by atoms with E-state index in [0.717, 1.165) is 5.70 Å². The van der Waals surface area contributed by atoms with Crippen molar-refractivity contribution in [2.75, 3.05) is 13.1 Å². The van der Waals surface area contributed by atoms with E-state index in [-0.39, 0.29) is 60.0 Å². The minimum atomic E-state index is -0.507. The van der Waals surface area contributed by atoms with Gasteiger partial charge in [-0.1, -0.05) is 25.4 Å². The van der Waals surface area contributed by atoms with Crippen molar-refractivity contribution in [1.29, 1.82) is 5.41 Å². The normalized spacial score (nSPS) is 24.3. The number of likely N-dealkylation sites (tertiary alicyclic amines) is 1. The number of aliphatic imine (C=N–C) groups is 1. The highest BCUT2D eigenvalue weighted by Crippen LogP contribution is 2.31. The van der Waals surface area contributed by atoms with Gasteiger partial charge in [0.1, 0.15) is 23.5 Å². The molecule has 186 valence electrons. The van der Waals surface area contributed by atoms with Gasteiger partial charge >= 0.3 is 0 Å². The Morgan fingerprint density at radius 3 is 2.66 bits per heavy atom. The smallest absolute Gasteiger partial charge is 0.258 e. The predicted octanol–water partition coefficient (Wildman–Crippen LogP) is 3.73. The molecule has 8 nitrogen and oxygen atoms in total. The van der Waals surface area contributed by atoms with Crippen LogP contribution in [0, 0.1) is 17.1 Å². The molecule has 3 aliphatic rings. The Morgan fingerprint density at radius 1 is 1.29 bits per heavy atom. The molecule has 3 N–H and O–H groups in total. The van der Waals surface area contributed by atoms with Gasteiger partial charge in [0.15, 0.2) is 0 Å². The van der Waals surface area contributed by atoms with Crippen LogP contribution >= 0.6 is 11.6 Å². The standard InChI is InChI=1S/C25H29ClFN5O3/c1-12(2)24(33)31-16-8-17(9-16)35-21-7-15(27)5-6-18(21)25(34)32-10-19(20(28)11-32)23-29-13(3)22(26)14(4)30-23/h5-7,12,16-17,28-29H,8-11H2,1-4H3,(H,31,33)/b23-19+,28-20?/t16-,17-. The van der Waals surface area contributed by atoms with Gasteiger partial charge in [0.05, 0.1) is 35.1 Å². The highest BCUT2D eigenvalue weighted by Gasteiger charge is 2.35. The lowest BCUT2D eigenvalue weighted by Crippen LogP contribution is -2.50. The molecule has 0 spiro atoms. The van der Waals surface area contributed by atoms with Gasteiger partial charge in [0.25, 0.3) is 5.91 Å². The van der Waals surface area contributed by atoms with Crippen LogP contribution in [0.25, 0.3) is 0 Å². The third-order valence-electron chi connectivity index (χ3n) is 6.30. The van der Waals surface area contributed by atoms with Crippen LogP contribution < -0.4 is 15.4 Å². The van der Waals surface area contributed by atoms with Crippen molar-refractivity contribution in [3.8, 4) is 5.75 Å². The molecule has 10 heteroatoms. The van der Waals surface area contributed by atoms with Crippen LogP contribution in [0.3, 0.4) is 0 Å². The quantitative estimate of drug-likeness (QED) is 0.571. The summed E-state index contributed by atoms with van der Waals surface area (Å²) in [6.45, 7) is 7.56. The number of hydrogen-bond acceptors (Lipinski definition) is 6. The molecule has 0 unspecified atom stereocenters. The second kappa shape index (κ2) is 9.81. The summed E-state index contributed by atoms with van der Waals surface area (Å²) in [5.41, 5.74) is 2.48. The van der Waals surface area contributed by atoms with E-state index in [1.807, 2.05) is 20.8 Å². The Balaban J connectivity index is 1.47. The van der Waals surface area contributed by atoms with E-state index in [0.29, 0.717) is 35.0 Å². The first kappa shape index (κ1) is 24.9. The summed E-state index contributed by atoms with van der Waals surface area (Å²) >= 11 is 6.20. The number of amides is 2. The first-order valence-corrected chi connectivity index (χ1v) is 12.0. The van der Waals surface area contributed by atoms with E-state index in [9.17, 15) is 14.0 Å². The molecule has 0 aromatic heterocycles. The van der Waals surface area contributed by atoms with Crippen LogP contribution in [-0.2, 0) is 4.79 Å². The average Bonchev–Trinajstić information content (AvgIpc) is 3.16. The SMILES string of the molecule is CC1=N/C(=C2\CN(C(=O)c3ccc(F)cc3O[C@H]3C[C@H](NC(=O)C(C)C)C3)CC2=N)NC(C)=C1Cl. The number of allylic oxidation sites excluding steroid dienone is 2. The summed E-state index contributed by atoms with van der Waals surface area (Å²) in [5.74, 6) is -0.312. The van der Waals surface area contributed by atoms with Crippen molar-refractivity contribution in [2.45, 2.75) is 52.7 Å². The maximum Gasteiger partial charge on any atom is 0.258 e. The number of nitrogens with one attached hydrogen (secondary N) is 3. The molecular weight excluding hydrogens is 473 g/mol. The number of carbonyl (C=O) groups excluding carboxylic acids is 2. The Hall–Kier alpha value is -3.20. The van der Waals surface area contributed by atoms with Crippen molar-refractivity contribution in [3.05, 3.63) is 51.7 Å². The van der Waals surface area contributed by atoms with Crippen molar-refractivity contribution < 1.29 is 18.7 Å². The Kier molecular flexibility index (Phi) is 6.98. The molecule has 1 aromatic carbocycles. The number of rotatable bonds is 5. The van der Waals surface area contributed by atoms with Gasteiger partial charge in [-0.3, -0.25) is 9.59 Å². The van der Waals surface area contributed by atoms with Crippen LogP contribution in [0.5, 0.6) is 5.75 Å². The van der Waals surface area contributed by atoms with Crippen molar-refractivity contribution in [1.82, 2.24) is 15.5 Å². The van der Waals surface area contributed by atoms with Gasteiger partial charge in [-0.2, -0.15) is 0 Å². The molecule has 1 aliphatic carbocycles. The van der Waals surface area contributed by atoms with Gasteiger partial charge < -0.3 is 25.7 Å². The largest absolute Gasteiger partial charge is 0.489 e. The highest BCUT2D eigenvalue weighted by molar-refractivity contribution is 6.43. The molecule has 1 saturated heterocycles. The zero-order chi connectivity index (χ0) is 25.4. The van der Waals surface area contributed by atoms with Crippen LogP contribution in [0.2, 0.25) is 0 Å². The molecule has 1 aromatic rings. The van der Waals surface area contributed by atoms with Gasteiger partial charge in [0, 0.05) is 42.1 Å². The molecule has 0 radical (unpaired) electrons. The first-order chi connectivity index (χ1) is 16.5. The lowest BCUT2D eigenvalue weighted by atomic mass is 9.88. The number of nitrogens with zero attached hydrogens (tertiary/aromatic N) is 2. The fraction of sp³-hybridized carbons (Fsp3) is 0.440. The van der Waals surface area contributed by atoms with Crippen molar-refractivity contribution >= 4 is 34.8 Å². The molecule has 2 heterocycles. The van der Waals surface area contributed by atoms with E-state index in [4.69, 9.17) is 21.7 Å². The summed E-state index contributed by atoms with van der Waals surface area (Å²) in [4.78, 5) is 31.2. The summed E-state index contributed by atoms with van der Waals surface area (Å²) < 4.78 is 20.0. The predicted molar refractivity (Wildman–Crippen MR) is 132 cm³/mol. The second-order valence-electron chi connectivity index (χ2n) is 9.44. The maximum atomic E-state index is 14.0. The lowest BCUT2D eigenvalue weighted by Gasteiger charge is -2.36. The van der Waals surface area contributed by atoms with E-state index in [1.165, 1.54) is 23.1 Å². The summed E-state index contributed by atoms with van der Waals surface area (Å²) in [7, 11) is 0. The third kappa shape index (κ3) is 5.24. The monoisotopic (exact) mass is 501 g/mol. The number of benzene rings is 1. The molecule has 2 amide bonds. The van der Waals surface area contributed by atoms with E-state index in [2.05, 4.69) is 15.6 Å². The number of hydrogen-bond donors (Lipinski definition) is 3. The van der Waals surface area contributed by atoms with E-state index < -0.39 is 5.82 Å². The summed E-state index contributed by atoms with van der Waals surface area (Å²) in [5, 5.41) is 15.0. The topological polar surface area (TPSA) is 107 Å². The van der Waals surface area contributed by atoms with Crippen molar-refractivity contribution in [2.24, 2.45) is 10.9 Å². The number of ether oxygens (including phenoxy) is 1. The molecule has 1 saturated carbocycles. The average molecular weight is 502 g/mol. The number of carbonyl (C=O) groups is 2. The summed E-state index contributed by atoms with van der Waals surface area (Å²) in [6.07, 6.45) is 0.954. The maximum absolute atomic E-state index is 14.0. The first-order valence-electron chi connectivity index (χ1n) is 11.6.